The monoisotopic (exact) mass is 640 g/mol. The summed E-state index contributed by atoms with van der Waals surface area (Å²) in [6.07, 6.45) is 4.25. The van der Waals surface area contributed by atoms with Crippen LogP contribution < -0.4 is 10.5 Å². The van der Waals surface area contributed by atoms with Crippen LogP contribution in [0.3, 0.4) is 0 Å². The first-order valence-electron chi connectivity index (χ1n) is 14.5. The van der Waals surface area contributed by atoms with E-state index in [1.807, 2.05) is 29.2 Å². The third-order valence-electron chi connectivity index (χ3n) is 7.80. The molecule has 2 aliphatic rings. The van der Waals surface area contributed by atoms with Crippen LogP contribution in [-0.4, -0.2) is 85.1 Å². The molecule has 1 aliphatic carbocycles. The maximum absolute atomic E-state index is 13.3. The first-order chi connectivity index (χ1) is 19.8. The van der Waals surface area contributed by atoms with Crippen LogP contribution >= 0.6 is 0 Å². The Morgan fingerprint density at radius 1 is 1.14 bits per heavy atom. The molecule has 1 aromatic rings. The number of para-hydroxylation sites is 1. The number of methoxy groups -OCH3 is 1. The topological polar surface area (TPSA) is 160 Å². The fourth-order valence-electron chi connectivity index (χ4n) is 5.52. The van der Waals surface area contributed by atoms with Crippen LogP contribution in [0.2, 0.25) is 0 Å². The minimum atomic E-state index is -5.84. The smallest absolute Gasteiger partial charge is 0.493 e. The second-order valence-corrected chi connectivity index (χ2v) is 14.1. The second kappa shape index (κ2) is 15.3. The van der Waals surface area contributed by atoms with Gasteiger partial charge in [-0.1, -0.05) is 39.0 Å². The molecule has 1 amide bonds. The Hall–Kier alpha value is -1.97. The molecule has 43 heavy (non-hydrogen) atoms. The Bertz CT molecular complexity index is 1140. The molecule has 1 aromatic carbocycles. The van der Waals surface area contributed by atoms with Crippen molar-refractivity contribution in [2.75, 3.05) is 33.4 Å². The van der Waals surface area contributed by atoms with Crippen molar-refractivity contribution in [1.82, 2.24) is 4.90 Å². The number of nitrogens with zero attached hydrogens (tertiary/aromatic N) is 1. The van der Waals surface area contributed by atoms with Crippen molar-refractivity contribution in [2.24, 2.45) is 23.0 Å². The van der Waals surface area contributed by atoms with E-state index in [0.717, 1.165) is 31.2 Å². The summed E-state index contributed by atoms with van der Waals surface area (Å²) in [6, 6.07) is 7.47. The lowest BCUT2D eigenvalue weighted by atomic mass is 9.73. The van der Waals surface area contributed by atoms with Crippen LogP contribution in [0.5, 0.6) is 5.75 Å². The largest absolute Gasteiger partial charge is 0.522 e. The summed E-state index contributed by atoms with van der Waals surface area (Å²) in [4.78, 5) is 15.2. The maximum Gasteiger partial charge on any atom is 0.522 e. The Morgan fingerprint density at radius 2 is 1.77 bits per heavy atom. The number of alkyl halides is 3. The number of aliphatic hydroxyl groups excluding tert-OH is 1. The molecule has 1 unspecified atom stereocenters. The molecule has 0 spiro atoms. The molecule has 2 fully saturated rings. The number of halogens is 3. The number of hydrogen-bond acceptors (Lipinski definition) is 8. The number of rotatable bonds is 10. The molecule has 248 valence electrons. The first kappa shape index (κ1) is 37.2. The zero-order valence-corrected chi connectivity index (χ0v) is 26.2. The number of nitrogens with two attached hydrogens (primary N) is 1. The normalized spacial score (nSPS) is 24.6. The van der Waals surface area contributed by atoms with E-state index in [9.17, 15) is 28.2 Å². The van der Waals surface area contributed by atoms with E-state index in [1.54, 1.807) is 7.11 Å². The number of piperidine rings is 1. The number of carbonyl (C=O) groups excluding carboxylic acids is 1. The molecule has 0 aromatic heterocycles. The lowest BCUT2D eigenvalue weighted by Crippen LogP contribution is -2.49. The van der Waals surface area contributed by atoms with Gasteiger partial charge in [0.1, 0.15) is 5.75 Å². The van der Waals surface area contributed by atoms with Crippen molar-refractivity contribution < 1.29 is 50.6 Å². The van der Waals surface area contributed by atoms with Gasteiger partial charge in [0.05, 0.1) is 18.3 Å². The van der Waals surface area contributed by atoms with Crippen molar-refractivity contribution in [3.8, 4) is 5.75 Å². The van der Waals surface area contributed by atoms with E-state index in [4.69, 9.17) is 28.2 Å². The van der Waals surface area contributed by atoms with Gasteiger partial charge in [0.15, 0.2) is 0 Å². The van der Waals surface area contributed by atoms with Gasteiger partial charge in [-0.3, -0.25) is 9.35 Å². The molecule has 0 radical (unpaired) electrons. The van der Waals surface area contributed by atoms with E-state index < -0.39 is 27.3 Å². The lowest BCUT2D eigenvalue weighted by molar-refractivity contribution is -0.141. The zero-order chi connectivity index (χ0) is 32.6. The van der Waals surface area contributed by atoms with E-state index in [0.29, 0.717) is 51.3 Å². The number of unbranched alkanes of at least 4 members (excludes halogenated alkanes) is 1. The number of aliphatic hydroxyl groups is 2. The van der Waals surface area contributed by atoms with Crippen LogP contribution in [0.1, 0.15) is 71.3 Å². The summed E-state index contributed by atoms with van der Waals surface area (Å²) in [5, 5.41) is 22.4. The highest BCUT2D eigenvalue weighted by Crippen LogP contribution is 2.44. The SMILES string of the molecule is COCCCC[C@](O)(c1ccccc1OCC(C)(C)C)C1CCCN(C(=O)[C@H]2C[C@@H](N)[C@@H](O)C2)C1.O=S(=O)(O)C(F)(F)F. The summed E-state index contributed by atoms with van der Waals surface area (Å²) in [5.41, 5.74) is 0.121. The Labute approximate surface area is 252 Å². The number of likely N-dealkylation sites (tertiary alicyclic amines) is 1. The zero-order valence-electron chi connectivity index (χ0n) is 25.3. The van der Waals surface area contributed by atoms with Gasteiger partial charge in [0.2, 0.25) is 5.91 Å². The summed E-state index contributed by atoms with van der Waals surface area (Å²) < 4.78 is 69.0. The molecular weight excluding hydrogens is 593 g/mol. The summed E-state index contributed by atoms with van der Waals surface area (Å²) in [5.74, 6) is 0.420. The molecular formula is C29H47F3N2O8S. The van der Waals surface area contributed by atoms with Gasteiger partial charge in [0.25, 0.3) is 0 Å². The van der Waals surface area contributed by atoms with Gasteiger partial charge in [-0.2, -0.15) is 21.6 Å². The van der Waals surface area contributed by atoms with Crippen LogP contribution in [0, 0.1) is 17.3 Å². The van der Waals surface area contributed by atoms with Crippen molar-refractivity contribution >= 4 is 16.0 Å². The predicted octanol–water partition coefficient (Wildman–Crippen LogP) is 3.85. The molecule has 14 heteroatoms. The second-order valence-electron chi connectivity index (χ2n) is 12.7. The number of carbonyl (C=O) groups is 1. The van der Waals surface area contributed by atoms with Gasteiger partial charge in [-0.05, 0) is 56.4 Å². The molecule has 5 atom stereocenters. The average molecular weight is 641 g/mol. The highest BCUT2D eigenvalue weighted by molar-refractivity contribution is 7.86. The van der Waals surface area contributed by atoms with Crippen molar-refractivity contribution in [1.29, 1.82) is 0 Å². The highest BCUT2D eigenvalue weighted by atomic mass is 32.2. The average Bonchev–Trinajstić information content (AvgIpc) is 3.26. The van der Waals surface area contributed by atoms with Crippen LogP contribution in [0.4, 0.5) is 13.2 Å². The Morgan fingerprint density at radius 3 is 2.30 bits per heavy atom. The van der Waals surface area contributed by atoms with Crippen molar-refractivity contribution in [2.45, 2.75) is 89.0 Å². The third-order valence-corrected chi connectivity index (χ3v) is 8.38. The lowest BCUT2D eigenvalue weighted by Gasteiger charge is -2.44. The third kappa shape index (κ3) is 10.9. The maximum atomic E-state index is 13.3. The summed E-state index contributed by atoms with van der Waals surface area (Å²) in [7, 11) is -4.15. The first-order valence-corrected chi connectivity index (χ1v) is 15.9. The number of amides is 1. The number of hydrogen-bond donors (Lipinski definition) is 4. The molecule has 10 nitrogen and oxygen atoms in total. The minimum Gasteiger partial charge on any atom is -0.493 e. The summed E-state index contributed by atoms with van der Waals surface area (Å²) in [6.45, 7) is 8.75. The van der Waals surface area contributed by atoms with E-state index in [-0.39, 0.29) is 29.2 Å². The number of benzene rings is 1. The Kier molecular flexibility index (Phi) is 13.3. The molecule has 1 heterocycles. The van der Waals surface area contributed by atoms with E-state index in [2.05, 4.69) is 20.8 Å². The van der Waals surface area contributed by atoms with Crippen LogP contribution in [-0.2, 0) is 25.3 Å². The van der Waals surface area contributed by atoms with Gasteiger partial charge in [0, 0.05) is 50.2 Å². The molecule has 0 bridgehead atoms. The minimum absolute atomic E-state index is 0.00948. The fraction of sp³-hybridized carbons (Fsp3) is 0.759. The molecule has 3 rings (SSSR count). The van der Waals surface area contributed by atoms with E-state index >= 15 is 0 Å². The summed E-state index contributed by atoms with van der Waals surface area (Å²) >= 11 is 0. The fourth-order valence-corrected chi connectivity index (χ4v) is 5.52. The highest BCUT2D eigenvalue weighted by Gasteiger charge is 2.45. The van der Waals surface area contributed by atoms with Crippen molar-refractivity contribution in [3.05, 3.63) is 29.8 Å². The van der Waals surface area contributed by atoms with Gasteiger partial charge < -0.3 is 30.3 Å². The standard InChI is InChI=1S/C28H46N2O5.CHF3O3S/c1-27(2,3)19-35-25-12-6-5-11-22(25)28(33,13-7-8-15-34-4)21-10-9-14-30(18-21)26(32)20-16-23(29)24(31)17-20;2-1(3,4)8(5,6)7/h5-6,11-12,20-21,23-24,31,33H,7-10,13-19,29H2,1-4H3;(H,5,6,7)/t20-,21?,23+,24-,28+;/m0./s1. The van der Waals surface area contributed by atoms with Crippen molar-refractivity contribution in [3.63, 3.8) is 0 Å². The molecule has 1 saturated carbocycles. The predicted molar refractivity (Wildman–Crippen MR) is 155 cm³/mol. The molecule has 1 aliphatic heterocycles. The molecule has 5 N–H and O–H groups in total. The van der Waals surface area contributed by atoms with Gasteiger partial charge >= 0.3 is 15.6 Å². The van der Waals surface area contributed by atoms with E-state index in [1.165, 1.54) is 0 Å². The van der Waals surface area contributed by atoms with Crippen LogP contribution in [0.25, 0.3) is 0 Å². The van der Waals surface area contributed by atoms with Crippen LogP contribution in [0.15, 0.2) is 24.3 Å². The Balaban J connectivity index is 0.000000708. The van der Waals surface area contributed by atoms with Gasteiger partial charge in [-0.15, -0.1) is 0 Å². The number of ether oxygens (including phenoxy) is 2. The van der Waals surface area contributed by atoms with Gasteiger partial charge in [-0.25, -0.2) is 0 Å². The molecule has 1 saturated heterocycles. The quantitative estimate of drug-likeness (QED) is 0.169.